The van der Waals surface area contributed by atoms with E-state index in [-0.39, 0.29) is 0 Å². The average Bonchev–Trinajstić information content (AvgIpc) is 2.81. The fourth-order valence-corrected chi connectivity index (χ4v) is 1.99. The molecule has 0 radical (unpaired) electrons. The first kappa shape index (κ1) is 13.4. The molecule has 2 aromatic rings. The van der Waals surface area contributed by atoms with E-state index in [1.165, 1.54) is 0 Å². The minimum Gasteiger partial charge on any atom is -0.497 e. The second-order valence-electron chi connectivity index (χ2n) is 4.41. The Labute approximate surface area is 112 Å². The molecule has 0 aliphatic carbocycles. The lowest BCUT2D eigenvalue weighted by Gasteiger charge is -2.01. The van der Waals surface area contributed by atoms with Crippen molar-refractivity contribution >= 4 is 0 Å². The van der Waals surface area contributed by atoms with Crippen LogP contribution in [0.25, 0.3) is 11.3 Å². The highest BCUT2D eigenvalue weighted by atomic mass is 16.8. The first-order chi connectivity index (χ1) is 9.26. The lowest BCUT2D eigenvalue weighted by Crippen LogP contribution is -2.28. The molecule has 2 rings (SSSR count). The zero-order valence-corrected chi connectivity index (χ0v) is 11.3. The van der Waals surface area contributed by atoms with Crippen LogP contribution in [0.3, 0.4) is 0 Å². The number of ether oxygens (including phenoxy) is 1. The fraction of sp³-hybridized carbons (Fsp3) is 0.429. The summed E-state index contributed by atoms with van der Waals surface area (Å²) in [5.74, 6) is 0.773. The molecule has 0 spiro atoms. The normalized spacial score (nSPS) is 10.6. The van der Waals surface area contributed by atoms with Crippen LogP contribution in [0.2, 0.25) is 0 Å². The summed E-state index contributed by atoms with van der Waals surface area (Å²) in [5.41, 5.74) is 2.08. The molecule has 0 amide bonds. The summed E-state index contributed by atoms with van der Waals surface area (Å²) in [7, 11) is 1.62. The summed E-state index contributed by atoms with van der Waals surface area (Å²) in [6, 6.07) is 7.43. The summed E-state index contributed by atoms with van der Waals surface area (Å²) in [6.07, 6.45) is 3.85. The molecule has 0 saturated carbocycles. The number of methoxy groups -OCH3 is 1. The van der Waals surface area contributed by atoms with Gasteiger partial charge in [0.25, 0.3) is 5.69 Å². The number of aromatic nitrogens is 2. The van der Waals surface area contributed by atoms with E-state index < -0.39 is 0 Å². The second-order valence-corrected chi connectivity index (χ2v) is 4.41. The van der Waals surface area contributed by atoms with Crippen LogP contribution in [0.15, 0.2) is 28.9 Å². The third-order valence-corrected chi connectivity index (χ3v) is 3.08. The predicted octanol–water partition coefficient (Wildman–Crippen LogP) is 2.72. The van der Waals surface area contributed by atoms with E-state index in [1.54, 1.807) is 7.11 Å². The van der Waals surface area contributed by atoms with Crippen LogP contribution >= 0.6 is 0 Å². The molecule has 0 atom stereocenters. The zero-order valence-electron chi connectivity index (χ0n) is 11.3. The van der Waals surface area contributed by atoms with Crippen LogP contribution in [-0.4, -0.2) is 12.3 Å². The number of benzene rings is 1. The first-order valence-corrected chi connectivity index (χ1v) is 6.49. The Kier molecular flexibility index (Phi) is 4.39. The summed E-state index contributed by atoms with van der Waals surface area (Å²) in [6.45, 7) is 2.13. The van der Waals surface area contributed by atoms with Crippen molar-refractivity contribution in [1.82, 2.24) is 5.16 Å². The van der Waals surface area contributed by atoms with Crippen LogP contribution in [0, 0.1) is 5.21 Å². The molecule has 5 nitrogen and oxygen atoms in total. The van der Waals surface area contributed by atoms with Gasteiger partial charge >= 0.3 is 0 Å². The Balaban J connectivity index is 2.23. The van der Waals surface area contributed by atoms with Crippen molar-refractivity contribution in [2.75, 3.05) is 7.11 Å². The lowest BCUT2D eigenvalue weighted by atomic mass is 10.1. The Morgan fingerprint density at radius 2 is 2.00 bits per heavy atom. The van der Waals surface area contributed by atoms with Gasteiger partial charge in [0.15, 0.2) is 0 Å². The quantitative estimate of drug-likeness (QED) is 0.593. The van der Waals surface area contributed by atoms with E-state index in [1.807, 2.05) is 24.3 Å². The SMILES string of the molecule is CCCCCc1c(-c2ccc(OC)cc2)no[n+]1[O-]. The van der Waals surface area contributed by atoms with Gasteiger partial charge in [0, 0.05) is 17.1 Å². The molecule has 1 aromatic heterocycles. The van der Waals surface area contributed by atoms with Gasteiger partial charge in [-0.1, -0.05) is 19.8 Å². The fourth-order valence-electron chi connectivity index (χ4n) is 1.99. The largest absolute Gasteiger partial charge is 0.497 e. The van der Waals surface area contributed by atoms with E-state index in [0.29, 0.717) is 22.7 Å². The average molecular weight is 262 g/mol. The highest BCUT2D eigenvalue weighted by Gasteiger charge is 2.20. The maximum absolute atomic E-state index is 11.6. The van der Waals surface area contributed by atoms with Crippen molar-refractivity contribution < 1.29 is 14.3 Å². The van der Waals surface area contributed by atoms with Crippen molar-refractivity contribution in [1.29, 1.82) is 0 Å². The van der Waals surface area contributed by atoms with Gasteiger partial charge in [0.1, 0.15) is 5.75 Å². The Morgan fingerprint density at radius 1 is 1.26 bits per heavy atom. The smallest absolute Gasteiger partial charge is 0.251 e. The molecule has 19 heavy (non-hydrogen) atoms. The van der Waals surface area contributed by atoms with Crippen LogP contribution in [0.4, 0.5) is 0 Å². The molecule has 102 valence electrons. The topological polar surface area (TPSA) is 62.2 Å². The van der Waals surface area contributed by atoms with E-state index in [2.05, 4.69) is 12.1 Å². The Hall–Kier alpha value is -2.04. The molecule has 0 saturated heterocycles. The van der Waals surface area contributed by atoms with Gasteiger partial charge in [-0.25, -0.2) is 0 Å². The molecule has 0 unspecified atom stereocenters. The third-order valence-electron chi connectivity index (χ3n) is 3.08. The van der Waals surface area contributed by atoms with Gasteiger partial charge in [0.05, 0.1) is 7.11 Å². The standard InChI is InChI=1S/C14H18N2O3/c1-3-4-5-6-13-14(15-19-16(13)17)11-7-9-12(18-2)10-8-11/h7-10H,3-6H2,1-2H3. The van der Waals surface area contributed by atoms with E-state index in [4.69, 9.17) is 9.37 Å². The number of hydrogen-bond donors (Lipinski definition) is 0. The molecule has 0 aliphatic rings. The van der Waals surface area contributed by atoms with E-state index in [0.717, 1.165) is 30.6 Å². The van der Waals surface area contributed by atoms with Gasteiger partial charge in [-0.05, 0) is 35.6 Å². The molecule has 5 heteroatoms. The molecular weight excluding hydrogens is 244 g/mol. The van der Waals surface area contributed by atoms with Gasteiger partial charge in [-0.2, -0.15) is 0 Å². The monoisotopic (exact) mass is 262 g/mol. The highest BCUT2D eigenvalue weighted by Crippen LogP contribution is 2.23. The lowest BCUT2D eigenvalue weighted by molar-refractivity contribution is -0.807. The molecule has 1 aromatic carbocycles. The molecular formula is C14H18N2O3. The zero-order chi connectivity index (χ0) is 13.7. The van der Waals surface area contributed by atoms with Gasteiger partial charge in [-0.3, -0.25) is 4.63 Å². The van der Waals surface area contributed by atoms with E-state index in [9.17, 15) is 5.21 Å². The van der Waals surface area contributed by atoms with Crippen LogP contribution < -0.4 is 9.64 Å². The van der Waals surface area contributed by atoms with Crippen molar-refractivity contribution in [2.45, 2.75) is 32.6 Å². The minimum absolute atomic E-state index is 0.509. The van der Waals surface area contributed by atoms with Crippen molar-refractivity contribution in [3.8, 4) is 17.0 Å². The van der Waals surface area contributed by atoms with Crippen LogP contribution in [0.5, 0.6) is 5.75 Å². The van der Waals surface area contributed by atoms with Crippen molar-refractivity contribution in [2.24, 2.45) is 0 Å². The first-order valence-electron chi connectivity index (χ1n) is 6.49. The summed E-state index contributed by atoms with van der Waals surface area (Å²) in [4.78, 5) is 0.509. The number of rotatable bonds is 6. The minimum atomic E-state index is 0.509. The molecule has 1 heterocycles. The van der Waals surface area contributed by atoms with Crippen molar-refractivity contribution in [3.63, 3.8) is 0 Å². The second kappa shape index (κ2) is 6.22. The van der Waals surface area contributed by atoms with Gasteiger partial charge in [0.2, 0.25) is 5.69 Å². The summed E-state index contributed by atoms with van der Waals surface area (Å²) >= 11 is 0. The van der Waals surface area contributed by atoms with Gasteiger partial charge < -0.3 is 9.94 Å². The van der Waals surface area contributed by atoms with Crippen LogP contribution in [0.1, 0.15) is 31.9 Å². The molecule has 0 bridgehead atoms. The Morgan fingerprint density at radius 3 is 2.63 bits per heavy atom. The maximum atomic E-state index is 11.6. The number of unbranched alkanes of at least 4 members (excludes halogenated alkanes) is 2. The highest BCUT2D eigenvalue weighted by molar-refractivity contribution is 5.61. The molecule has 0 aliphatic heterocycles. The third kappa shape index (κ3) is 3.05. The Bertz CT molecular complexity index is 520. The van der Waals surface area contributed by atoms with Gasteiger partial charge in [-0.15, -0.1) is 0 Å². The predicted molar refractivity (Wildman–Crippen MR) is 70.7 cm³/mol. The van der Waals surface area contributed by atoms with Crippen molar-refractivity contribution in [3.05, 3.63) is 35.2 Å². The number of hydrogen-bond acceptors (Lipinski definition) is 4. The maximum Gasteiger partial charge on any atom is 0.251 e. The molecule has 0 N–H and O–H groups in total. The van der Waals surface area contributed by atoms with E-state index >= 15 is 0 Å². The molecule has 0 fully saturated rings. The number of nitrogens with zero attached hydrogens (tertiary/aromatic N) is 2. The summed E-state index contributed by atoms with van der Waals surface area (Å²) < 4.78 is 9.83. The summed E-state index contributed by atoms with van der Waals surface area (Å²) in [5, 5.41) is 15.4. The van der Waals surface area contributed by atoms with Crippen LogP contribution in [-0.2, 0) is 6.42 Å².